The fourth-order valence-corrected chi connectivity index (χ4v) is 2.25. The highest BCUT2D eigenvalue weighted by Crippen LogP contribution is 2.10. The maximum Gasteiger partial charge on any atom is 0.223 e. The third-order valence-electron chi connectivity index (χ3n) is 3.52. The monoisotopic (exact) mass is 286 g/mol. The van der Waals surface area contributed by atoms with E-state index < -0.39 is 0 Å². The Morgan fingerprint density at radius 1 is 1.38 bits per heavy atom. The first-order valence-electron chi connectivity index (χ1n) is 7.34. The van der Waals surface area contributed by atoms with Crippen LogP contribution in [0.3, 0.4) is 0 Å². The van der Waals surface area contributed by atoms with Gasteiger partial charge in [-0.15, -0.1) is 0 Å². The summed E-state index contributed by atoms with van der Waals surface area (Å²) in [4.78, 5) is 20.5. The second kappa shape index (κ2) is 7.02. The topological polar surface area (TPSA) is 59.8 Å². The van der Waals surface area contributed by atoms with Crippen molar-refractivity contribution in [1.82, 2.24) is 19.9 Å². The zero-order chi connectivity index (χ0) is 15.2. The van der Waals surface area contributed by atoms with Gasteiger partial charge in [0.05, 0.1) is 0 Å². The van der Waals surface area contributed by atoms with Gasteiger partial charge in [-0.05, 0) is 31.0 Å². The molecule has 112 valence electrons. The summed E-state index contributed by atoms with van der Waals surface area (Å²) in [6, 6.07) is 3.89. The highest BCUT2D eigenvalue weighted by molar-refractivity contribution is 5.78. The van der Waals surface area contributed by atoms with E-state index in [0.717, 1.165) is 30.0 Å². The molecule has 2 aromatic heterocycles. The van der Waals surface area contributed by atoms with Crippen LogP contribution in [0, 0.1) is 12.8 Å². The standard InChI is InChI=1S/C16H22N4O/c1-4-5-12(2)16(21)19-11-14-6-7-18-15(10-14)20-9-8-17-13(20)3/h6-10,12H,4-5,11H2,1-3H3,(H,19,21)/t12-/m1/s1. The third-order valence-corrected chi connectivity index (χ3v) is 3.52. The molecule has 0 fully saturated rings. The van der Waals surface area contributed by atoms with Crippen molar-refractivity contribution in [2.45, 2.75) is 40.2 Å². The van der Waals surface area contributed by atoms with Gasteiger partial charge in [0.15, 0.2) is 0 Å². The molecule has 0 bridgehead atoms. The summed E-state index contributed by atoms with van der Waals surface area (Å²) in [6.07, 6.45) is 7.32. The maximum atomic E-state index is 11.9. The van der Waals surface area contributed by atoms with E-state index in [2.05, 4.69) is 22.2 Å². The second-order valence-electron chi connectivity index (χ2n) is 5.27. The summed E-state index contributed by atoms with van der Waals surface area (Å²) in [7, 11) is 0. The van der Waals surface area contributed by atoms with Gasteiger partial charge in [0, 0.05) is 31.1 Å². The quantitative estimate of drug-likeness (QED) is 0.888. The lowest BCUT2D eigenvalue weighted by atomic mass is 10.1. The summed E-state index contributed by atoms with van der Waals surface area (Å²) >= 11 is 0. The molecule has 5 heteroatoms. The molecule has 2 aromatic rings. The van der Waals surface area contributed by atoms with Gasteiger partial charge in [-0.25, -0.2) is 9.97 Å². The number of carbonyl (C=O) groups excluding carboxylic acids is 1. The molecule has 0 saturated heterocycles. The zero-order valence-electron chi connectivity index (χ0n) is 12.8. The van der Waals surface area contributed by atoms with E-state index in [1.807, 2.05) is 36.7 Å². The summed E-state index contributed by atoms with van der Waals surface area (Å²) in [5, 5.41) is 2.98. The number of hydrogen-bond donors (Lipinski definition) is 1. The predicted octanol–water partition coefficient (Wildman–Crippen LogP) is 2.63. The molecule has 1 amide bonds. The largest absolute Gasteiger partial charge is 0.352 e. The fourth-order valence-electron chi connectivity index (χ4n) is 2.25. The lowest BCUT2D eigenvalue weighted by molar-refractivity contribution is -0.124. The molecule has 0 radical (unpaired) electrons. The Balaban J connectivity index is 2.02. The first kappa shape index (κ1) is 15.2. The molecular formula is C16H22N4O. The number of amides is 1. The average molecular weight is 286 g/mol. The van der Waals surface area contributed by atoms with Crippen LogP contribution >= 0.6 is 0 Å². The van der Waals surface area contributed by atoms with Crippen molar-refractivity contribution in [2.24, 2.45) is 5.92 Å². The molecule has 1 atom stereocenters. The van der Waals surface area contributed by atoms with Crippen molar-refractivity contribution in [2.75, 3.05) is 0 Å². The van der Waals surface area contributed by atoms with Gasteiger partial charge < -0.3 is 5.32 Å². The molecule has 0 aliphatic rings. The van der Waals surface area contributed by atoms with Crippen LogP contribution in [0.25, 0.3) is 5.82 Å². The molecule has 0 saturated carbocycles. The Morgan fingerprint density at radius 3 is 2.86 bits per heavy atom. The molecule has 21 heavy (non-hydrogen) atoms. The first-order valence-corrected chi connectivity index (χ1v) is 7.34. The van der Waals surface area contributed by atoms with Gasteiger partial charge in [-0.1, -0.05) is 20.3 Å². The Bertz CT molecular complexity index is 606. The van der Waals surface area contributed by atoms with E-state index >= 15 is 0 Å². The van der Waals surface area contributed by atoms with E-state index in [0.29, 0.717) is 6.54 Å². The highest BCUT2D eigenvalue weighted by atomic mass is 16.1. The van der Waals surface area contributed by atoms with Gasteiger partial charge in [-0.2, -0.15) is 0 Å². The van der Waals surface area contributed by atoms with E-state index in [4.69, 9.17) is 0 Å². The van der Waals surface area contributed by atoms with Gasteiger partial charge in [0.1, 0.15) is 11.6 Å². The summed E-state index contributed by atoms with van der Waals surface area (Å²) < 4.78 is 1.92. The molecule has 0 aliphatic heterocycles. The van der Waals surface area contributed by atoms with Crippen molar-refractivity contribution >= 4 is 5.91 Å². The number of nitrogens with one attached hydrogen (secondary N) is 1. The molecule has 2 rings (SSSR count). The van der Waals surface area contributed by atoms with Crippen LogP contribution in [0.5, 0.6) is 0 Å². The number of hydrogen-bond acceptors (Lipinski definition) is 3. The van der Waals surface area contributed by atoms with Crippen LogP contribution in [0.1, 0.15) is 38.1 Å². The maximum absolute atomic E-state index is 11.9. The minimum atomic E-state index is 0.0622. The van der Waals surface area contributed by atoms with Crippen molar-refractivity contribution in [3.8, 4) is 5.82 Å². The number of aromatic nitrogens is 3. The van der Waals surface area contributed by atoms with Crippen molar-refractivity contribution in [3.05, 3.63) is 42.1 Å². The Labute approximate surface area is 125 Å². The van der Waals surface area contributed by atoms with Crippen LogP contribution in [-0.4, -0.2) is 20.4 Å². The lowest BCUT2D eigenvalue weighted by Gasteiger charge is -2.12. The second-order valence-corrected chi connectivity index (χ2v) is 5.27. The summed E-state index contributed by atoms with van der Waals surface area (Å²) in [5.41, 5.74) is 1.03. The number of aryl methyl sites for hydroxylation is 1. The van der Waals surface area contributed by atoms with Gasteiger partial charge in [-0.3, -0.25) is 9.36 Å². The normalized spacial score (nSPS) is 12.1. The van der Waals surface area contributed by atoms with Crippen LogP contribution in [-0.2, 0) is 11.3 Å². The fraction of sp³-hybridized carbons (Fsp3) is 0.438. The number of imidazole rings is 1. The van der Waals surface area contributed by atoms with E-state index in [9.17, 15) is 4.79 Å². The van der Waals surface area contributed by atoms with Crippen LogP contribution in [0.2, 0.25) is 0 Å². The lowest BCUT2D eigenvalue weighted by Crippen LogP contribution is -2.28. The van der Waals surface area contributed by atoms with Crippen molar-refractivity contribution in [1.29, 1.82) is 0 Å². The van der Waals surface area contributed by atoms with Gasteiger partial charge >= 0.3 is 0 Å². The molecule has 2 heterocycles. The SMILES string of the molecule is CCC[C@@H](C)C(=O)NCc1ccnc(-n2ccnc2C)c1. The van der Waals surface area contributed by atoms with Crippen molar-refractivity contribution in [3.63, 3.8) is 0 Å². The Hall–Kier alpha value is -2.17. The minimum Gasteiger partial charge on any atom is -0.352 e. The molecule has 1 N–H and O–H groups in total. The Morgan fingerprint density at radius 2 is 2.19 bits per heavy atom. The predicted molar refractivity (Wildman–Crippen MR) is 82.0 cm³/mol. The van der Waals surface area contributed by atoms with Gasteiger partial charge in [0.25, 0.3) is 0 Å². The van der Waals surface area contributed by atoms with E-state index in [-0.39, 0.29) is 11.8 Å². The smallest absolute Gasteiger partial charge is 0.223 e. The molecule has 5 nitrogen and oxygen atoms in total. The van der Waals surface area contributed by atoms with E-state index in [1.165, 1.54) is 0 Å². The summed E-state index contributed by atoms with van der Waals surface area (Å²) in [5.74, 6) is 1.87. The molecule has 0 aliphatic carbocycles. The molecule has 0 spiro atoms. The third kappa shape index (κ3) is 3.90. The van der Waals surface area contributed by atoms with Crippen molar-refractivity contribution < 1.29 is 4.79 Å². The average Bonchev–Trinajstić information content (AvgIpc) is 2.91. The number of nitrogens with zero attached hydrogens (tertiary/aromatic N) is 3. The molecular weight excluding hydrogens is 264 g/mol. The van der Waals surface area contributed by atoms with Crippen LogP contribution < -0.4 is 5.32 Å². The van der Waals surface area contributed by atoms with Crippen LogP contribution in [0.15, 0.2) is 30.7 Å². The zero-order valence-corrected chi connectivity index (χ0v) is 12.8. The number of rotatable bonds is 6. The number of pyridine rings is 1. The first-order chi connectivity index (χ1) is 10.1. The van der Waals surface area contributed by atoms with Gasteiger partial charge in [0.2, 0.25) is 5.91 Å². The number of carbonyl (C=O) groups is 1. The van der Waals surface area contributed by atoms with E-state index in [1.54, 1.807) is 12.4 Å². The summed E-state index contributed by atoms with van der Waals surface area (Å²) in [6.45, 7) is 6.51. The minimum absolute atomic E-state index is 0.0622. The Kier molecular flexibility index (Phi) is 5.09. The molecule has 0 unspecified atom stereocenters. The highest BCUT2D eigenvalue weighted by Gasteiger charge is 2.11. The van der Waals surface area contributed by atoms with Crippen LogP contribution in [0.4, 0.5) is 0 Å². The molecule has 0 aromatic carbocycles.